The molecule has 2 rings (SSSR count). The summed E-state index contributed by atoms with van der Waals surface area (Å²) < 4.78 is 18.5. The van der Waals surface area contributed by atoms with E-state index in [9.17, 15) is 9.18 Å². The molecule has 1 atom stereocenters. The molecule has 1 amide bonds. The van der Waals surface area contributed by atoms with Crippen molar-refractivity contribution in [2.75, 3.05) is 13.7 Å². The maximum Gasteiger partial charge on any atom is 0.222 e. The number of carbonyl (C=O) groups is 1. The SMILES string of the molecule is CN(Cc1cccc(F)c1)C(=O)CCC1CCCO1. The van der Waals surface area contributed by atoms with Crippen molar-refractivity contribution < 1.29 is 13.9 Å². The normalized spacial score (nSPS) is 18.5. The van der Waals surface area contributed by atoms with Gasteiger partial charge < -0.3 is 9.64 Å². The summed E-state index contributed by atoms with van der Waals surface area (Å²) in [6.07, 6.45) is 3.67. The number of hydrogen-bond donors (Lipinski definition) is 0. The second-order valence-electron chi connectivity index (χ2n) is 5.05. The van der Waals surface area contributed by atoms with Crippen LogP contribution in [0, 0.1) is 5.82 Å². The minimum Gasteiger partial charge on any atom is -0.378 e. The molecule has 1 unspecified atom stereocenters. The average molecular weight is 265 g/mol. The van der Waals surface area contributed by atoms with Crippen LogP contribution in [0.3, 0.4) is 0 Å². The summed E-state index contributed by atoms with van der Waals surface area (Å²) in [5.74, 6) is -0.183. The Morgan fingerprint density at radius 3 is 3.05 bits per heavy atom. The van der Waals surface area contributed by atoms with E-state index in [0.29, 0.717) is 13.0 Å². The second-order valence-corrected chi connectivity index (χ2v) is 5.05. The summed E-state index contributed by atoms with van der Waals surface area (Å²) in [5.41, 5.74) is 0.813. The molecule has 4 heteroatoms. The Kier molecular flexibility index (Phi) is 4.91. The lowest BCUT2D eigenvalue weighted by Gasteiger charge is -2.18. The zero-order chi connectivity index (χ0) is 13.7. The molecule has 0 N–H and O–H groups in total. The van der Waals surface area contributed by atoms with Gasteiger partial charge in [0.1, 0.15) is 5.82 Å². The van der Waals surface area contributed by atoms with Gasteiger partial charge in [0.15, 0.2) is 0 Å². The van der Waals surface area contributed by atoms with Gasteiger partial charge in [-0.2, -0.15) is 0 Å². The van der Waals surface area contributed by atoms with E-state index in [2.05, 4.69) is 0 Å². The van der Waals surface area contributed by atoms with Crippen molar-refractivity contribution in [3.8, 4) is 0 Å². The zero-order valence-corrected chi connectivity index (χ0v) is 11.3. The van der Waals surface area contributed by atoms with Crippen molar-refractivity contribution in [2.24, 2.45) is 0 Å². The molecule has 1 aromatic rings. The molecule has 0 saturated carbocycles. The third-order valence-electron chi connectivity index (χ3n) is 3.44. The number of ether oxygens (including phenoxy) is 1. The first-order chi connectivity index (χ1) is 9.15. The summed E-state index contributed by atoms with van der Waals surface area (Å²) in [7, 11) is 1.75. The molecule has 1 heterocycles. The quantitative estimate of drug-likeness (QED) is 0.819. The van der Waals surface area contributed by atoms with E-state index in [1.807, 2.05) is 6.07 Å². The van der Waals surface area contributed by atoms with Crippen molar-refractivity contribution in [1.29, 1.82) is 0 Å². The topological polar surface area (TPSA) is 29.5 Å². The Hall–Kier alpha value is -1.42. The Morgan fingerprint density at radius 2 is 2.37 bits per heavy atom. The highest BCUT2D eigenvalue weighted by Gasteiger charge is 2.18. The largest absolute Gasteiger partial charge is 0.378 e. The van der Waals surface area contributed by atoms with Gasteiger partial charge in [-0.3, -0.25) is 4.79 Å². The lowest BCUT2D eigenvalue weighted by molar-refractivity contribution is -0.131. The molecule has 1 aliphatic rings. The molecular weight excluding hydrogens is 245 g/mol. The van der Waals surface area contributed by atoms with E-state index in [1.165, 1.54) is 12.1 Å². The predicted molar refractivity (Wildman–Crippen MR) is 71.1 cm³/mol. The lowest BCUT2D eigenvalue weighted by Crippen LogP contribution is -2.27. The molecule has 19 heavy (non-hydrogen) atoms. The van der Waals surface area contributed by atoms with E-state index in [4.69, 9.17) is 4.74 Å². The highest BCUT2D eigenvalue weighted by atomic mass is 19.1. The maximum atomic E-state index is 13.1. The van der Waals surface area contributed by atoms with Gasteiger partial charge >= 0.3 is 0 Å². The van der Waals surface area contributed by atoms with Crippen LogP contribution in [0.1, 0.15) is 31.2 Å². The molecule has 0 aliphatic carbocycles. The first kappa shape index (κ1) is 14.0. The summed E-state index contributed by atoms with van der Waals surface area (Å²) >= 11 is 0. The van der Waals surface area contributed by atoms with Crippen molar-refractivity contribution >= 4 is 5.91 Å². The van der Waals surface area contributed by atoms with Gasteiger partial charge in [-0.25, -0.2) is 4.39 Å². The molecule has 104 valence electrons. The van der Waals surface area contributed by atoms with E-state index in [-0.39, 0.29) is 17.8 Å². The van der Waals surface area contributed by atoms with E-state index >= 15 is 0 Å². The summed E-state index contributed by atoms with van der Waals surface area (Å²) in [6, 6.07) is 6.36. The molecule has 0 aromatic heterocycles. The standard InChI is InChI=1S/C15H20FNO2/c1-17(11-12-4-2-5-13(16)10-12)15(18)8-7-14-6-3-9-19-14/h2,4-5,10,14H,3,6-9,11H2,1H3. The van der Waals surface area contributed by atoms with E-state index < -0.39 is 0 Å². The molecule has 1 saturated heterocycles. The lowest BCUT2D eigenvalue weighted by atomic mass is 10.1. The van der Waals surface area contributed by atoms with Crippen LogP contribution in [-0.4, -0.2) is 30.6 Å². The number of amides is 1. The fourth-order valence-electron chi connectivity index (χ4n) is 2.34. The highest BCUT2D eigenvalue weighted by Crippen LogP contribution is 2.17. The van der Waals surface area contributed by atoms with Crippen molar-refractivity contribution in [1.82, 2.24) is 4.90 Å². The number of carbonyl (C=O) groups excluding carboxylic acids is 1. The first-order valence-corrected chi connectivity index (χ1v) is 6.75. The third-order valence-corrected chi connectivity index (χ3v) is 3.44. The number of nitrogens with zero attached hydrogens (tertiary/aromatic N) is 1. The highest BCUT2D eigenvalue weighted by molar-refractivity contribution is 5.75. The number of halogens is 1. The fraction of sp³-hybridized carbons (Fsp3) is 0.533. The van der Waals surface area contributed by atoms with Crippen LogP contribution in [0.5, 0.6) is 0 Å². The molecule has 1 aliphatic heterocycles. The molecule has 0 spiro atoms. The minimum absolute atomic E-state index is 0.0831. The van der Waals surface area contributed by atoms with Crippen LogP contribution in [0.15, 0.2) is 24.3 Å². The van der Waals surface area contributed by atoms with Crippen molar-refractivity contribution in [3.63, 3.8) is 0 Å². The summed E-state index contributed by atoms with van der Waals surface area (Å²) in [6.45, 7) is 1.26. The van der Waals surface area contributed by atoms with Gasteiger partial charge in [-0.15, -0.1) is 0 Å². The molecule has 3 nitrogen and oxygen atoms in total. The van der Waals surface area contributed by atoms with Crippen LogP contribution in [0.4, 0.5) is 4.39 Å². The monoisotopic (exact) mass is 265 g/mol. The Balaban J connectivity index is 1.78. The van der Waals surface area contributed by atoms with E-state index in [1.54, 1.807) is 18.0 Å². The van der Waals surface area contributed by atoms with Crippen LogP contribution >= 0.6 is 0 Å². The second kappa shape index (κ2) is 6.66. The molecule has 0 radical (unpaired) electrons. The maximum absolute atomic E-state index is 13.1. The Labute approximate surface area is 113 Å². The van der Waals surface area contributed by atoms with E-state index in [0.717, 1.165) is 31.4 Å². The van der Waals surface area contributed by atoms with Gasteiger partial charge in [0, 0.05) is 26.6 Å². The Morgan fingerprint density at radius 1 is 1.53 bits per heavy atom. The van der Waals surface area contributed by atoms with Gasteiger partial charge in [-0.1, -0.05) is 12.1 Å². The smallest absolute Gasteiger partial charge is 0.222 e. The van der Waals surface area contributed by atoms with Crippen molar-refractivity contribution in [3.05, 3.63) is 35.6 Å². The fourth-order valence-corrected chi connectivity index (χ4v) is 2.34. The minimum atomic E-state index is -0.266. The van der Waals surface area contributed by atoms with Crippen LogP contribution in [0.25, 0.3) is 0 Å². The van der Waals surface area contributed by atoms with Crippen LogP contribution in [-0.2, 0) is 16.1 Å². The van der Waals surface area contributed by atoms with Gasteiger partial charge in [0.25, 0.3) is 0 Å². The van der Waals surface area contributed by atoms with Crippen molar-refractivity contribution in [2.45, 2.75) is 38.3 Å². The predicted octanol–water partition coefficient (Wildman–Crippen LogP) is 2.74. The van der Waals surface area contributed by atoms with Gasteiger partial charge in [0.05, 0.1) is 6.10 Å². The molecule has 0 bridgehead atoms. The summed E-state index contributed by atoms with van der Waals surface area (Å²) in [4.78, 5) is 13.6. The first-order valence-electron chi connectivity index (χ1n) is 6.75. The molecule has 1 fully saturated rings. The zero-order valence-electron chi connectivity index (χ0n) is 11.3. The Bertz CT molecular complexity index is 430. The summed E-state index contributed by atoms with van der Waals surface area (Å²) in [5, 5.41) is 0. The van der Waals surface area contributed by atoms with Gasteiger partial charge in [0.2, 0.25) is 5.91 Å². The van der Waals surface area contributed by atoms with Crippen LogP contribution < -0.4 is 0 Å². The number of benzene rings is 1. The third kappa shape index (κ3) is 4.31. The molecular formula is C15H20FNO2. The molecule has 1 aromatic carbocycles. The number of rotatable bonds is 5. The number of hydrogen-bond acceptors (Lipinski definition) is 2. The average Bonchev–Trinajstić information content (AvgIpc) is 2.89. The van der Waals surface area contributed by atoms with Gasteiger partial charge in [-0.05, 0) is 37.0 Å². The van der Waals surface area contributed by atoms with Crippen LogP contribution in [0.2, 0.25) is 0 Å².